The Morgan fingerprint density at radius 2 is 0.815 bits per heavy atom. The van der Waals surface area contributed by atoms with Gasteiger partial charge in [-0.25, -0.2) is 9.59 Å². The molecule has 8 aliphatic rings. The first kappa shape index (κ1) is 67.7. The van der Waals surface area contributed by atoms with Crippen molar-refractivity contribution < 1.29 is 28.7 Å². The zero-order valence-electron chi connectivity index (χ0n) is 57.3. The fourth-order valence-corrected chi connectivity index (χ4v) is 25.3. The highest BCUT2D eigenvalue weighted by molar-refractivity contribution is 7.29. The van der Waals surface area contributed by atoms with Gasteiger partial charge in [0.25, 0.3) is 11.8 Å². The van der Waals surface area contributed by atoms with Gasteiger partial charge in [0.15, 0.2) is 0 Å². The smallest absolute Gasteiger partial charge is 0.407 e. The summed E-state index contributed by atoms with van der Waals surface area (Å²) in [4.78, 5) is 60.6. The van der Waals surface area contributed by atoms with E-state index in [1.54, 1.807) is 22.7 Å². The predicted molar refractivity (Wildman–Crippen MR) is 382 cm³/mol. The van der Waals surface area contributed by atoms with Crippen molar-refractivity contribution in [1.29, 1.82) is 0 Å². The number of fused-ring (bicyclic) bond motifs is 10. The van der Waals surface area contributed by atoms with Crippen molar-refractivity contribution in [2.75, 3.05) is 26.2 Å². The van der Waals surface area contributed by atoms with Crippen LogP contribution < -0.4 is 21.3 Å². The first-order valence-electron chi connectivity index (χ1n) is 36.4. The molecule has 12 rings (SSSR count). The predicted octanol–water partition coefficient (Wildman–Crippen LogP) is 20.7. The second kappa shape index (κ2) is 28.5. The second-order valence-electron chi connectivity index (χ2n) is 32.1. The molecule has 0 spiro atoms. The number of nitrogens with one attached hydrogen (secondary N) is 4. The van der Waals surface area contributed by atoms with Crippen molar-refractivity contribution in [1.82, 2.24) is 21.3 Å². The van der Waals surface area contributed by atoms with Gasteiger partial charge in [-0.3, -0.25) is 9.59 Å². The number of hydrogen-bond donors (Lipinski definition) is 4. The molecule has 6 saturated carbocycles. The third kappa shape index (κ3) is 14.0. The highest BCUT2D eigenvalue weighted by Crippen LogP contribution is 2.69. The Hall–Kier alpha value is -4.24. The van der Waals surface area contributed by atoms with Crippen LogP contribution in [0, 0.1) is 92.7 Å². The van der Waals surface area contributed by atoms with Crippen molar-refractivity contribution in [2.24, 2.45) is 92.7 Å². The van der Waals surface area contributed by atoms with Gasteiger partial charge in [-0.1, -0.05) is 131 Å². The van der Waals surface area contributed by atoms with E-state index in [1.165, 1.54) is 137 Å². The Labute approximate surface area is 567 Å². The lowest BCUT2D eigenvalue weighted by molar-refractivity contribution is -0.0581. The molecule has 8 aliphatic carbocycles. The SMILES string of the molecule is CC(C)CCC[C@@H](C)[C@H]1CC[C@H]2[C@@H]3CC=C4C[C@@H](OC(=O)NCCNC(=O)c5ccc(-c6ccc(-c7ccc(-c8ccc(C(=O)NCCNC(=O)O[C@H]9CC[C@@]%10(C)C(=CC[C@H]%11[C@@H]%12CC[C@H]([C@H](C)CCCC(C)C)[C@@]%12(C)CC[C@@H]%11%10)C9)s8)s7)s6)s5)CC[C@]4(C)[C@H]3CC[C@]12C. The van der Waals surface area contributed by atoms with Gasteiger partial charge in [0, 0.05) is 68.3 Å². The zero-order chi connectivity index (χ0) is 64.7. The fourth-order valence-electron chi connectivity index (χ4n) is 21.1. The molecule has 4 aromatic rings. The van der Waals surface area contributed by atoms with Crippen molar-refractivity contribution in [3.05, 3.63) is 81.6 Å². The maximum Gasteiger partial charge on any atom is 0.407 e. The average molecular weight is 1330 g/mol. The molecule has 92 heavy (non-hydrogen) atoms. The summed E-state index contributed by atoms with van der Waals surface area (Å²) in [7, 11) is 0. The van der Waals surface area contributed by atoms with E-state index in [4.69, 9.17) is 9.47 Å². The summed E-state index contributed by atoms with van der Waals surface area (Å²) in [5, 5.41) is 11.8. The summed E-state index contributed by atoms with van der Waals surface area (Å²) >= 11 is 6.32. The van der Waals surface area contributed by atoms with Crippen LogP contribution in [0.3, 0.4) is 0 Å². The molecule has 4 amide bonds. The van der Waals surface area contributed by atoms with Crippen molar-refractivity contribution in [2.45, 2.75) is 223 Å². The number of thiophene rings is 4. The molecule has 0 radical (unpaired) electrons. The van der Waals surface area contributed by atoms with Crippen LogP contribution in [0.5, 0.6) is 0 Å². The van der Waals surface area contributed by atoms with Gasteiger partial charge in [0.2, 0.25) is 0 Å². The summed E-state index contributed by atoms with van der Waals surface area (Å²) < 4.78 is 12.1. The van der Waals surface area contributed by atoms with E-state index in [0.29, 0.717) is 46.8 Å². The number of rotatable bonds is 23. The van der Waals surface area contributed by atoms with E-state index in [2.05, 4.69) is 127 Å². The Balaban J connectivity index is 0.538. The number of allylic oxidation sites excluding steroid dienone is 2. The largest absolute Gasteiger partial charge is 0.446 e. The summed E-state index contributed by atoms with van der Waals surface area (Å²) in [5.74, 6) is 9.33. The van der Waals surface area contributed by atoms with Crippen LogP contribution in [0.25, 0.3) is 29.3 Å². The summed E-state index contributed by atoms with van der Waals surface area (Å²) in [6, 6.07) is 16.2. The van der Waals surface area contributed by atoms with Gasteiger partial charge in [0.1, 0.15) is 12.2 Å². The summed E-state index contributed by atoms with van der Waals surface area (Å²) in [6.45, 7) is 26.2. The highest BCUT2D eigenvalue weighted by Gasteiger charge is 2.61. The fraction of sp³-hybridized carbons (Fsp3) is 0.692. The third-order valence-electron chi connectivity index (χ3n) is 26.0. The molecule has 0 saturated heterocycles. The molecule has 0 bridgehead atoms. The minimum absolute atomic E-state index is 0.114. The van der Waals surface area contributed by atoms with Gasteiger partial charge < -0.3 is 30.7 Å². The number of amides is 4. The number of carbonyl (C=O) groups is 4. The van der Waals surface area contributed by atoms with Crippen LogP contribution >= 0.6 is 45.3 Å². The van der Waals surface area contributed by atoms with Crippen LogP contribution in [0.4, 0.5) is 9.59 Å². The summed E-state index contributed by atoms with van der Waals surface area (Å²) in [5.41, 5.74) is 4.41. The van der Waals surface area contributed by atoms with Crippen LogP contribution in [0.15, 0.2) is 71.8 Å². The van der Waals surface area contributed by atoms with Gasteiger partial charge in [0.05, 0.1) is 9.75 Å². The molecule has 16 atom stereocenters. The average Bonchev–Trinajstić information content (AvgIpc) is 1.36. The Bertz CT molecular complexity index is 3100. The Morgan fingerprint density at radius 3 is 1.21 bits per heavy atom. The topological polar surface area (TPSA) is 135 Å². The number of hydrogen-bond acceptors (Lipinski definition) is 10. The minimum Gasteiger partial charge on any atom is -0.446 e. The first-order valence-corrected chi connectivity index (χ1v) is 39.6. The van der Waals surface area contributed by atoms with Crippen LogP contribution in [0.1, 0.15) is 230 Å². The van der Waals surface area contributed by atoms with E-state index in [9.17, 15) is 19.2 Å². The van der Waals surface area contributed by atoms with E-state index in [1.807, 2.05) is 24.3 Å². The Morgan fingerprint density at radius 1 is 0.446 bits per heavy atom. The van der Waals surface area contributed by atoms with Crippen molar-refractivity contribution in [3.8, 4) is 29.3 Å². The van der Waals surface area contributed by atoms with E-state index < -0.39 is 12.2 Å². The van der Waals surface area contributed by atoms with Crippen LogP contribution in [-0.2, 0) is 9.47 Å². The molecule has 10 nitrogen and oxygen atoms in total. The molecule has 4 heterocycles. The van der Waals surface area contributed by atoms with Crippen LogP contribution in [-0.4, -0.2) is 62.4 Å². The monoisotopic (exact) mass is 1330 g/mol. The molecule has 14 heteroatoms. The van der Waals surface area contributed by atoms with E-state index in [0.717, 1.165) is 139 Å². The molecule has 0 aliphatic heterocycles. The lowest BCUT2D eigenvalue weighted by atomic mass is 9.47. The molecule has 0 unspecified atom stereocenters. The minimum atomic E-state index is -0.403. The third-order valence-corrected chi connectivity index (χ3v) is 31.0. The summed E-state index contributed by atoms with van der Waals surface area (Å²) in [6.07, 6.45) is 31.4. The normalized spacial score (nSPS) is 32.8. The zero-order valence-corrected chi connectivity index (χ0v) is 60.6. The second-order valence-corrected chi connectivity index (χ2v) is 36.5. The van der Waals surface area contributed by atoms with Gasteiger partial charge in [-0.15, -0.1) is 45.3 Å². The standard InChI is InChI=1S/C78H110N4O6S4/c1-47(2)13-11-15-49(5)57-21-23-59-55-19-17-51-45-53(33-37-75(51,7)61(55)35-39-77(57,59)9)87-73(85)81-43-41-79-71(83)69-31-29-67(91-69)65-27-25-63(89-65)64-26-28-66(90-64)68-30-32-70(92-68)72(84)80-42-44-82-74(86)88-54-34-38-76(8)52(46-54)18-20-56-60-24-22-58(50(6)16-12-14-48(3)4)78(60,10)40-36-62(56)76/h17-18,25-32,47-50,53-62H,11-16,19-24,33-46H2,1-10H3,(H,79,83)(H,80,84)(H,81,85)(H,82,86)/t49-,50-,53+,54+,55+,56+,57-,58-,59+,60+,61+,62+,75+,76+,77-,78-/m1/s1. The van der Waals surface area contributed by atoms with Crippen molar-refractivity contribution in [3.63, 3.8) is 0 Å². The molecular weight excluding hydrogens is 1220 g/mol. The van der Waals surface area contributed by atoms with E-state index in [-0.39, 0.29) is 34.9 Å². The number of alkyl carbamates (subject to hydrolysis) is 2. The maximum atomic E-state index is 13.3. The Kier molecular flexibility index (Phi) is 20.9. The maximum absolute atomic E-state index is 13.3. The number of ether oxygens (including phenoxy) is 2. The first-order chi connectivity index (χ1) is 44.1. The van der Waals surface area contributed by atoms with Gasteiger partial charge in [-0.05, 0) is 231 Å². The molecule has 502 valence electrons. The van der Waals surface area contributed by atoms with Gasteiger partial charge in [-0.2, -0.15) is 0 Å². The van der Waals surface area contributed by atoms with Crippen molar-refractivity contribution >= 4 is 69.3 Å². The van der Waals surface area contributed by atoms with E-state index >= 15 is 0 Å². The molecule has 6 fully saturated rings. The molecule has 0 aromatic carbocycles. The lowest BCUT2D eigenvalue weighted by Gasteiger charge is -2.58. The quantitative estimate of drug-likeness (QED) is 0.0432. The van der Waals surface area contributed by atoms with Crippen LogP contribution in [0.2, 0.25) is 0 Å². The number of carbonyl (C=O) groups excluding carboxylic acids is 4. The highest BCUT2D eigenvalue weighted by atomic mass is 32.1. The lowest BCUT2D eigenvalue weighted by Crippen LogP contribution is -2.51. The molecular formula is C78H110N4O6S4. The molecule has 4 N–H and O–H groups in total. The molecule has 4 aromatic heterocycles. The van der Waals surface area contributed by atoms with Gasteiger partial charge >= 0.3 is 12.2 Å².